The highest BCUT2D eigenvalue weighted by atomic mass is 16.2. The first-order chi connectivity index (χ1) is 12.1. The number of carbonyl (C=O) groups is 1. The molecule has 5 nitrogen and oxygen atoms in total. The van der Waals surface area contributed by atoms with E-state index >= 15 is 0 Å². The molecule has 2 aromatic rings. The van der Waals surface area contributed by atoms with Crippen molar-refractivity contribution in [2.75, 3.05) is 26.2 Å². The zero-order valence-corrected chi connectivity index (χ0v) is 15.1. The van der Waals surface area contributed by atoms with Crippen molar-refractivity contribution >= 4 is 5.91 Å². The summed E-state index contributed by atoms with van der Waals surface area (Å²) in [5.41, 5.74) is 4.25. The Labute approximate surface area is 149 Å². The molecule has 1 amide bonds. The van der Waals surface area contributed by atoms with Crippen molar-refractivity contribution in [2.24, 2.45) is 0 Å². The first-order valence-electron chi connectivity index (χ1n) is 9.24. The minimum atomic E-state index is 0.245. The summed E-state index contributed by atoms with van der Waals surface area (Å²) in [7, 11) is 0. The maximum atomic E-state index is 12.6. The van der Waals surface area contributed by atoms with Gasteiger partial charge in [0.25, 0.3) is 0 Å². The van der Waals surface area contributed by atoms with E-state index in [-0.39, 0.29) is 5.91 Å². The molecule has 2 fully saturated rings. The van der Waals surface area contributed by atoms with Crippen molar-refractivity contribution in [1.29, 1.82) is 0 Å². The first kappa shape index (κ1) is 16.3. The summed E-state index contributed by atoms with van der Waals surface area (Å²) in [4.78, 5) is 17.1. The van der Waals surface area contributed by atoms with Crippen LogP contribution in [-0.2, 0) is 11.2 Å². The lowest BCUT2D eigenvalue weighted by molar-refractivity contribution is -0.132. The summed E-state index contributed by atoms with van der Waals surface area (Å²) < 4.78 is 1.94. The van der Waals surface area contributed by atoms with Crippen LogP contribution in [0.5, 0.6) is 0 Å². The Balaban J connectivity index is 1.36. The van der Waals surface area contributed by atoms with Gasteiger partial charge in [0.15, 0.2) is 0 Å². The van der Waals surface area contributed by atoms with Crippen LogP contribution in [0, 0.1) is 13.8 Å². The predicted octanol–water partition coefficient (Wildman–Crippen LogP) is 2.34. The van der Waals surface area contributed by atoms with Crippen LogP contribution in [0.4, 0.5) is 0 Å². The van der Waals surface area contributed by atoms with Crippen LogP contribution in [0.1, 0.15) is 29.8 Å². The zero-order valence-electron chi connectivity index (χ0n) is 15.1. The van der Waals surface area contributed by atoms with Crippen molar-refractivity contribution in [1.82, 2.24) is 19.6 Å². The normalized spacial score (nSPS) is 18.6. The number of rotatable bonds is 4. The van der Waals surface area contributed by atoms with E-state index in [1.165, 1.54) is 12.8 Å². The van der Waals surface area contributed by atoms with Gasteiger partial charge in [0, 0.05) is 37.9 Å². The first-order valence-corrected chi connectivity index (χ1v) is 9.24. The molecule has 0 atom stereocenters. The highest BCUT2D eigenvalue weighted by Crippen LogP contribution is 2.27. The van der Waals surface area contributed by atoms with Gasteiger partial charge in [-0.3, -0.25) is 9.69 Å². The molecular formula is C20H26N4O. The lowest BCUT2D eigenvalue weighted by atomic mass is 10.1. The molecular weight excluding hydrogens is 312 g/mol. The molecule has 5 heteroatoms. The maximum absolute atomic E-state index is 12.6. The highest BCUT2D eigenvalue weighted by Gasteiger charge is 2.32. The van der Waals surface area contributed by atoms with E-state index in [2.05, 4.69) is 23.0 Å². The third-order valence-corrected chi connectivity index (χ3v) is 5.28. The van der Waals surface area contributed by atoms with Gasteiger partial charge in [-0.25, -0.2) is 4.68 Å². The number of aromatic nitrogens is 2. The average Bonchev–Trinajstić information content (AvgIpc) is 3.40. The zero-order chi connectivity index (χ0) is 17.4. The van der Waals surface area contributed by atoms with Gasteiger partial charge in [0.05, 0.1) is 17.8 Å². The maximum Gasteiger partial charge on any atom is 0.227 e. The Morgan fingerprint density at radius 2 is 1.76 bits per heavy atom. The van der Waals surface area contributed by atoms with Gasteiger partial charge in [-0.2, -0.15) is 5.10 Å². The van der Waals surface area contributed by atoms with Crippen LogP contribution in [0.25, 0.3) is 5.69 Å². The number of hydrogen-bond donors (Lipinski definition) is 0. The van der Waals surface area contributed by atoms with E-state index in [0.717, 1.165) is 54.9 Å². The second-order valence-electron chi connectivity index (χ2n) is 7.33. The van der Waals surface area contributed by atoms with Gasteiger partial charge in [0.1, 0.15) is 0 Å². The van der Waals surface area contributed by atoms with Crippen LogP contribution in [-0.4, -0.2) is 57.7 Å². The highest BCUT2D eigenvalue weighted by molar-refractivity contribution is 5.79. The molecule has 0 N–H and O–H groups in total. The third-order valence-electron chi connectivity index (χ3n) is 5.28. The summed E-state index contributed by atoms with van der Waals surface area (Å²) in [6.45, 7) is 7.87. The average molecular weight is 338 g/mol. The molecule has 2 aliphatic rings. The topological polar surface area (TPSA) is 41.4 Å². The molecule has 0 bridgehead atoms. The van der Waals surface area contributed by atoms with E-state index in [1.54, 1.807) is 0 Å². The Kier molecular flexibility index (Phi) is 4.34. The molecule has 132 valence electrons. The molecule has 0 spiro atoms. The van der Waals surface area contributed by atoms with Crippen LogP contribution in [0.2, 0.25) is 0 Å². The fraction of sp³-hybridized carbons (Fsp3) is 0.500. The number of benzene rings is 1. The molecule has 1 saturated heterocycles. The second-order valence-corrected chi connectivity index (χ2v) is 7.33. The molecule has 4 rings (SSSR count). The molecule has 2 heterocycles. The van der Waals surface area contributed by atoms with Gasteiger partial charge >= 0.3 is 0 Å². The Hall–Kier alpha value is -2.14. The minimum absolute atomic E-state index is 0.245. The number of carbonyl (C=O) groups excluding carboxylic acids is 1. The van der Waals surface area contributed by atoms with Crippen molar-refractivity contribution in [3.8, 4) is 5.69 Å². The standard InChI is InChI=1S/C20H26N4O/c1-15-13-16(2)24(21-15)19-5-3-17(4-6-19)14-20(25)23-11-9-22(10-12-23)18-7-8-18/h3-6,13,18H,7-12,14H2,1-2H3. The van der Waals surface area contributed by atoms with E-state index in [1.807, 2.05) is 40.8 Å². The Morgan fingerprint density at radius 1 is 1.08 bits per heavy atom. The van der Waals surface area contributed by atoms with E-state index in [9.17, 15) is 4.79 Å². The number of piperazine rings is 1. The van der Waals surface area contributed by atoms with Crippen molar-refractivity contribution in [2.45, 2.75) is 39.2 Å². The van der Waals surface area contributed by atoms with Gasteiger partial charge in [0.2, 0.25) is 5.91 Å². The minimum Gasteiger partial charge on any atom is -0.340 e. The smallest absolute Gasteiger partial charge is 0.227 e. The van der Waals surface area contributed by atoms with Crippen LogP contribution >= 0.6 is 0 Å². The molecule has 1 aromatic carbocycles. The lowest BCUT2D eigenvalue weighted by Crippen LogP contribution is -2.49. The number of amides is 1. The number of hydrogen-bond acceptors (Lipinski definition) is 3. The van der Waals surface area contributed by atoms with Crippen LogP contribution in [0.15, 0.2) is 30.3 Å². The fourth-order valence-electron chi connectivity index (χ4n) is 3.71. The third kappa shape index (κ3) is 3.61. The largest absolute Gasteiger partial charge is 0.340 e. The molecule has 1 aromatic heterocycles. The summed E-state index contributed by atoms with van der Waals surface area (Å²) >= 11 is 0. The predicted molar refractivity (Wildman–Crippen MR) is 97.9 cm³/mol. The molecule has 1 aliphatic carbocycles. The fourth-order valence-corrected chi connectivity index (χ4v) is 3.71. The quantitative estimate of drug-likeness (QED) is 0.859. The van der Waals surface area contributed by atoms with Crippen molar-refractivity contribution in [3.63, 3.8) is 0 Å². The number of aryl methyl sites for hydroxylation is 2. The van der Waals surface area contributed by atoms with Gasteiger partial charge in [-0.15, -0.1) is 0 Å². The monoisotopic (exact) mass is 338 g/mol. The number of nitrogens with zero attached hydrogens (tertiary/aromatic N) is 4. The molecule has 1 saturated carbocycles. The lowest BCUT2D eigenvalue weighted by Gasteiger charge is -2.34. The van der Waals surface area contributed by atoms with Crippen LogP contribution < -0.4 is 0 Å². The summed E-state index contributed by atoms with van der Waals surface area (Å²) in [6.07, 6.45) is 3.17. The SMILES string of the molecule is Cc1cc(C)n(-c2ccc(CC(=O)N3CCN(C4CC4)CC3)cc2)n1. The Bertz CT molecular complexity index is 753. The molecule has 0 radical (unpaired) electrons. The van der Waals surface area contributed by atoms with Gasteiger partial charge < -0.3 is 4.90 Å². The van der Waals surface area contributed by atoms with Crippen molar-refractivity contribution in [3.05, 3.63) is 47.3 Å². The van der Waals surface area contributed by atoms with E-state index in [0.29, 0.717) is 6.42 Å². The summed E-state index contributed by atoms with van der Waals surface area (Å²) in [5, 5.41) is 4.51. The summed E-state index contributed by atoms with van der Waals surface area (Å²) in [6, 6.07) is 11.1. The van der Waals surface area contributed by atoms with E-state index < -0.39 is 0 Å². The van der Waals surface area contributed by atoms with Crippen molar-refractivity contribution < 1.29 is 4.79 Å². The van der Waals surface area contributed by atoms with Crippen LogP contribution in [0.3, 0.4) is 0 Å². The van der Waals surface area contributed by atoms with Gasteiger partial charge in [-0.1, -0.05) is 12.1 Å². The second kappa shape index (κ2) is 6.64. The van der Waals surface area contributed by atoms with E-state index in [4.69, 9.17) is 0 Å². The van der Waals surface area contributed by atoms with Gasteiger partial charge in [-0.05, 0) is 50.5 Å². The molecule has 25 heavy (non-hydrogen) atoms. The Morgan fingerprint density at radius 3 is 2.32 bits per heavy atom. The summed E-state index contributed by atoms with van der Waals surface area (Å²) in [5.74, 6) is 0.245. The molecule has 1 aliphatic heterocycles. The molecule has 0 unspecified atom stereocenters.